The first-order chi connectivity index (χ1) is 5.57. The number of carbonyl (C=O) groups is 2. The molecule has 0 fully saturated rings. The van der Waals surface area contributed by atoms with E-state index in [1.54, 1.807) is 0 Å². The number of aliphatic carboxylic acids is 1. The zero-order valence-corrected chi connectivity index (χ0v) is 7.10. The van der Waals surface area contributed by atoms with Gasteiger partial charge in [-0.3, -0.25) is 9.59 Å². The van der Waals surface area contributed by atoms with Gasteiger partial charge < -0.3 is 5.11 Å². The Bertz CT molecular complexity index is 230. The minimum atomic E-state index is -4.95. The zero-order chi connectivity index (χ0) is 10.9. The van der Waals surface area contributed by atoms with Crippen molar-refractivity contribution in [3.05, 3.63) is 0 Å². The number of halogens is 3. The van der Waals surface area contributed by atoms with Crippen molar-refractivity contribution in [2.75, 3.05) is 0 Å². The first-order valence-corrected chi connectivity index (χ1v) is 3.41. The van der Waals surface area contributed by atoms with Crippen LogP contribution < -0.4 is 0 Å². The van der Waals surface area contributed by atoms with E-state index in [1.165, 1.54) is 0 Å². The standard InChI is InChI=1S/C7H9F3O3/c1-6(2,5(12)13)3-4(11)7(8,9)10/h3H2,1-2H3,(H,12,13). The van der Waals surface area contributed by atoms with Crippen LogP contribution in [0.1, 0.15) is 20.3 Å². The first-order valence-electron chi connectivity index (χ1n) is 3.41. The summed E-state index contributed by atoms with van der Waals surface area (Å²) in [5, 5.41) is 8.44. The summed E-state index contributed by atoms with van der Waals surface area (Å²) < 4.78 is 35.1. The van der Waals surface area contributed by atoms with E-state index in [0.717, 1.165) is 13.8 Å². The molecule has 0 bridgehead atoms. The van der Waals surface area contributed by atoms with E-state index in [0.29, 0.717) is 0 Å². The van der Waals surface area contributed by atoms with Crippen molar-refractivity contribution in [1.29, 1.82) is 0 Å². The maximum Gasteiger partial charge on any atom is 0.450 e. The average Bonchev–Trinajstić information content (AvgIpc) is 1.83. The van der Waals surface area contributed by atoms with Gasteiger partial charge in [0, 0.05) is 6.42 Å². The van der Waals surface area contributed by atoms with Crippen LogP contribution in [0.4, 0.5) is 13.2 Å². The van der Waals surface area contributed by atoms with E-state index in [-0.39, 0.29) is 0 Å². The highest BCUT2D eigenvalue weighted by Gasteiger charge is 2.43. The van der Waals surface area contributed by atoms with Gasteiger partial charge in [0.2, 0.25) is 5.78 Å². The Morgan fingerprint density at radius 3 is 1.85 bits per heavy atom. The van der Waals surface area contributed by atoms with Crippen LogP contribution >= 0.6 is 0 Å². The molecule has 0 aromatic heterocycles. The fourth-order valence-corrected chi connectivity index (χ4v) is 0.577. The molecule has 0 atom stereocenters. The summed E-state index contributed by atoms with van der Waals surface area (Å²) in [5.41, 5.74) is -1.67. The van der Waals surface area contributed by atoms with Crippen LogP contribution in [0.3, 0.4) is 0 Å². The second kappa shape index (κ2) is 3.35. The number of hydrogen-bond donors (Lipinski definition) is 1. The highest BCUT2D eigenvalue weighted by Crippen LogP contribution is 2.27. The smallest absolute Gasteiger partial charge is 0.450 e. The third-order valence-corrected chi connectivity index (χ3v) is 1.50. The Morgan fingerprint density at radius 2 is 1.62 bits per heavy atom. The van der Waals surface area contributed by atoms with E-state index >= 15 is 0 Å². The molecule has 0 amide bonds. The summed E-state index contributed by atoms with van der Waals surface area (Å²) in [6, 6.07) is 0. The zero-order valence-electron chi connectivity index (χ0n) is 7.10. The van der Waals surface area contributed by atoms with E-state index in [9.17, 15) is 22.8 Å². The van der Waals surface area contributed by atoms with Gasteiger partial charge in [0.15, 0.2) is 0 Å². The summed E-state index contributed by atoms with van der Waals surface area (Å²) >= 11 is 0. The summed E-state index contributed by atoms with van der Waals surface area (Å²) in [7, 11) is 0. The SMILES string of the molecule is CC(C)(CC(=O)C(F)(F)F)C(=O)O. The quantitative estimate of drug-likeness (QED) is 0.749. The summed E-state index contributed by atoms with van der Waals surface area (Å²) in [6.07, 6.45) is -5.99. The highest BCUT2D eigenvalue weighted by molar-refractivity contribution is 5.89. The van der Waals surface area contributed by atoms with Crippen LogP contribution in [-0.2, 0) is 9.59 Å². The second-order valence-corrected chi connectivity index (χ2v) is 3.29. The lowest BCUT2D eigenvalue weighted by atomic mass is 9.87. The molecule has 0 radical (unpaired) electrons. The molecule has 0 rings (SSSR count). The number of hydrogen-bond acceptors (Lipinski definition) is 2. The molecular formula is C7H9F3O3. The average molecular weight is 198 g/mol. The third kappa shape index (κ3) is 3.43. The van der Waals surface area contributed by atoms with Gasteiger partial charge in [0.05, 0.1) is 5.41 Å². The molecule has 3 nitrogen and oxygen atoms in total. The van der Waals surface area contributed by atoms with E-state index in [2.05, 4.69) is 0 Å². The molecule has 0 saturated heterocycles. The molecule has 0 heterocycles. The van der Waals surface area contributed by atoms with Crippen LogP contribution in [0.5, 0.6) is 0 Å². The summed E-state index contributed by atoms with van der Waals surface area (Å²) in [5.74, 6) is -3.44. The molecule has 0 aliphatic heterocycles. The van der Waals surface area contributed by atoms with Crippen molar-refractivity contribution >= 4 is 11.8 Å². The Labute approximate surface area is 72.5 Å². The van der Waals surface area contributed by atoms with Crippen molar-refractivity contribution in [3.63, 3.8) is 0 Å². The Hall–Kier alpha value is -1.07. The number of Topliss-reactive ketones (excluding diaryl/α,β-unsaturated/α-hetero) is 1. The lowest BCUT2D eigenvalue weighted by Crippen LogP contribution is -2.33. The summed E-state index contributed by atoms with van der Waals surface area (Å²) in [4.78, 5) is 20.8. The van der Waals surface area contributed by atoms with Gasteiger partial charge in [-0.1, -0.05) is 0 Å². The minimum absolute atomic E-state index is 1.04. The Balaban J connectivity index is 4.47. The number of alkyl halides is 3. The Kier molecular flexibility index (Phi) is 3.08. The molecule has 0 aliphatic carbocycles. The van der Waals surface area contributed by atoms with Gasteiger partial charge in [-0.25, -0.2) is 0 Å². The van der Waals surface area contributed by atoms with Crippen molar-refractivity contribution in [3.8, 4) is 0 Å². The molecule has 0 aliphatic rings. The lowest BCUT2D eigenvalue weighted by molar-refractivity contribution is -0.175. The maximum absolute atomic E-state index is 11.7. The summed E-state index contributed by atoms with van der Waals surface area (Å²) in [6.45, 7) is 2.14. The molecule has 0 spiro atoms. The topological polar surface area (TPSA) is 54.4 Å². The first kappa shape index (κ1) is 11.9. The normalized spacial score (nSPS) is 12.7. The van der Waals surface area contributed by atoms with Gasteiger partial charge in [-0.15, -0.1) is 0 Å². The van der Waals surface area contributed by atoms with Crippen LogP contribution in [-0.4, -0.2) is 23.0 Å². The van der Waals surface area contributed by atoms with E-state index in [4.69, 9.17) is 5.11 Å². The van der Waals surface area contributed by atoms with E-state index in [1.807, 2.05) is 0 Å². The number of carbonyl (C=O) groups excluding carboxylic acids is 1. The van der Waals surface area contributed by atoms with Gasteiger partial charge in [0.25, 0.3) is 0 Å². The van der Waals surface area contributed by atoms with Gasteiger partial charge in [-0.05, 0) is 13.8 Å². The number of carboxylic acids is 1. The Morgan fingerprint density at radius 1 is 1.23 bits per heavy atom. The minimum Gasteiger partial charge on any atom is -0.481 e. The van der Waals surface area contributed by atoms with Crippen LogP contribution in [0.2, 0.25) is 0 Å². The van der Waals surface area contributed by atoms with Gasteiger partial charge in [0.1, 0.15) is 0 Å². The number of carboxylic acid groups (broad SMARTS) is 1. The molecule has 1 N–H and O–H groups in total. The van der Waals surface area contributed by atoms with Crippen molar-refractivity contribution in [2.45, 2.75) is 26.4 Å². The van der Waals surface area contributed by atoms with Crippen LogP contribution in [0.15, 0.2) is 0 Å². The fourth-order valence-electron chi connectivity index (χ4n) is 0.577. The predicted molar refractivity (Wildman–Crippen MR) is 37.1 cm³/mol. The second-order valence-electron chi connectivity index (χ2n) is 3.29. The number of ketones is 1. The molecule has 6 heteroatoms. The maximum atomic E-state index is 11.7. The fraction of sp³-hybridized carbons (Fsp3) is 0.714. The molecular weight excluding hydrogens is 189 g/mol. The third-order valence-electron chi connectivity index (χ3n) is 1.50. The van der Waals surface area contributed by atoms with Gasteiger partial charge in [-0.2, -0.15) is 13.2 Å². The van der Waals surface area contributed by atoms with Gasteiger partial charge >= 0.3 is 12.1 Å². The van der Waals surface area contributed by atoms with Crippen molar-refractivity contribution < 1.29 is 27.9 Å². The molecule has 0 aromatic rings. The van der Waals surface area contributed by atoms with Crippen LogP contribution in [0.25, 0.3) is 0 Å². The predicted octanol–water partition coefficient (Wildman–Crippen LogP) is 1.62. The van der Waals surface area contributed by atoms with Crippen molar-refractivity contribution in [1.82, 2.24) is 0 Å². The van der Waals surface area contributed by atoms with Crippen LogP contribution in [0, 0.1) is 5.41 Å². The largest absolute Gasteiger partial charge is 0.481 e. The van der Waals surface area contributed by atoms with Crippen molar-refractivity contribution in [2.24, 2.45) is 5.41 Å². The molecule has 76 valence electrons. The monoisotopic (exact) mass is 198 g/mol. The van der Waals surface area contributed by atoms with E-state index < -0.39 is 29.8 Å². The molecule has 0 unspecified atom stereocenters. The molecule has 13 heavy (non-hydrogen) atoms. The number of rotatable bonds is 3. The molecule has 0 saturated carbocycles. The molecule has 0 aromatic carbocycles. The highest BCUT2D eigenvalue weighted by atomic mass is 19.4. The lowest BCUT2D eigenvalue weighted by Gasteiger charge is -2.18.